The number of carbonyl (C=O) groups is 1. The summed E-state index contributed by atoms with van der Waals surface area (Å²) < 4.78 is 39.3. The lowest BCUT2D eigenvalue weighted by molar-refractivity contribution is -0.138. The van der Waals surface area contributed by atoms with Crippen molar-refractivity contribution in [1.29, 1.82) is 0 Å². The molecule has 0 radical (unpaired) electrons. The van der Waals surface area contributed by atoms with Gasteiger partial charge in [-0.25, -0.2) is 0 Å². The van der Waals surface area contributed by atoms with Crippen LogP contribution in [0.3, 0.4) is 0 Å². The second-order valence-corrected chi connectivity index (χ2v) is 6.41. The second kappa shape index (κ2) is 7.86. The standard InChI is InChI=1S/C19H20F3N3O/c20-19(21,22)17-4-2-1-3-15(17)13-25-11-7-16(8-12-25)24-18(26)14-5-9-23-10-6-14/h1-6,9-10,16H,7-8,11-13H2,(H,24,26). The molecule has 1 amide bonds. The summed E-state index contributed by atoms with van der Waals surface area (Å²) in [6.07, 6.45) is 0.217. The van der Waals surface area contributed by atoms with Crippen LogP contribution in [0.1, 0.15) is 34.3 Å². The van der Waals surface area contributed by atoms with Crippen LogP contribution in [0.25, 0.3) is 0 Å². The van der Waals surface area contributed by atoms with Gasteiger partial charge in [0.2, 0.25) is 0 Å². The third-order valence-corrected chi connectivity index (χ3v) is 4.58. The van der Waals surface area contributed by atoms with E-state index in [9.17, 15) is 18.0 Å². The first kappa shape index (κ1) is 18.4. The third-order valence-electron chi connectivity index (χ3n) is 4.58. The monoisotopic (exact) mass is 363 g/mol. The zero-order valence-corrected chi connectivity index (χ0v) is 14.2. The van der Waals surface area contributed by atoms with Crippen molar-refractivity contribution in [3.8, 4) is 0 Å². The largest absolute Gasteiger partial charge is 0.416 e. The predicted octanol–water partition coefficient (Wildman–Crippen LogP) is 3.49. The molecule has 0 spiro atoms. The Hall–Kier alpha value is -2.41. The number of amides is 1. The van der Waals surface area contributed by atoms with Gasteiger partial charge in [-0.1, -0.05) is 18.2 Å². The van der Waals surface area contributed by atoms with Gasteiger partial charge in [0, 0.05) is 43.6 Å². The average Bonchev–Trinajstić information content (AvgIpc) is 2.63. The second-order valence-electron chi connectivity index (χ2n) is 6.41. The van der Waals surface area contributed by atoms with Crippen LogP contribution in [0.4, 0.5) is 13.2 Å². The van der Waals surface area contributed by atoms with E-state index >= 15 is 0 Å². The van der Waals surface area contributed by atoms with E-state index in [1.165, 1.54) is 12.1 Å². The summed E-state index contributed by atoms with van der Waals surface area (Å²) in [5, 5.41) is 2.98. The molecule has 4 nitrogen and oxygen atoms in total. The molecule has 1 aromatic carbocycles. The van der Waals surface area contributed by atoms with Gasteiger partial charge < -0.3 is 5.32 Å². The molecule has 0 atom stereocenters. The van der Waals surface area contributed by atoms with Gasteiger partial charge in [0.1, 0.15) is 0 Å². The Labute approximate surface area is 150 Å². The van der Waals surface area contributed by atoms with E-state index in [1.54, 1.807) is 30.6 Å². The number of carbonyl (C=O) groups excluding carboxylic acids is 1. The first-order chi connectivity index (χ1) is 12.4. The Kier molecular flexibility index (Phi) is 5.56. The Morgan fingerprint density at radius 3 is 2.42 bits per heavy atom. The van der Waals surface area contributed by atoms with Gasteiger partial charge in [0.25, 0.3) is 5.91 Å². The molecule has 1 aromatic heterocycles. The minimum absolute atomic E-state index is 0.0322. The number of hydrogen-bond acceptors (Lipinski definition) is 3. The van der Waals surface area contributed by atoms with Crippen LogP contribution in [0.15, 0.2) is 48.8 Å². The molecule has 1 saturated heterocycles. The zero-order valence-electron chi connectivity index (χ0n) is 14.2. The smallest absolute Gasteiger partial charge is 0.349 e. The van der Waals surface area contributed by atoms with Gasteiger partial charge >= 0.3 is 6.18 Å². The van der Waals surface area contributed by atoms with Crippen molar-refractivity contribution in [2.75, 3.05) is 13.1 Å². The van der Waals surface area contributed by atoms with E-state index in [0.29, 0.717) is 37.1 Å². The maximum absolute atomic E-state index is 13.1. The van der Waals surface area contributed by atoms with Crippen molar-refractivity contribution >= 4 is 5.91 Å². The molecule has 1 aliphatic heterocycles. The van der Waals surface area contributed by atoms with Crippen LogP contribution in [-0.2, 0) is 12.7 Å². The molecule has 1 aliphatic rings. The Balaban J connectivity index is 1.54. The number of halogens is 3. The molecule has 26 heavy (non-hydrogen) atoms. The van der Waals surface area contributed by atoms with Crippen LogP contribution in [0, 0.1) is 0 Å². The maximum Gasteiger partial charge on any atom is 0.416 e. The predicted molar refractivity (Wildman–Crippen MR) is 91.4 cm³/mol. The molecule has 138 valence electrons. The fourth-order valence-corrected chi connectivity index (χ4v) is 3.18. The van der Waals surface area contributed by atoms with E-state index in [1.807, 2.05) is 4.90 Å². The number of aromatic nitrogens is 1. The van der Waals surface area contributed by atoms with Gasteiger partial charge in [-0.3, -0.25) is 14.7 Å². The summed E-state index contributed by atoms with van der Waals surface area (Å²) in [6.45, 7) is 1.56. The topological polar surface area (TPSA) is 45.2 Å². The quantitative estimate of drug-likeness (QED) is 0.904. The van der Waals surface area contributed by atoms with Crippen molar-refractivity contribution in [1.82, 2.24) is 15.2 Å². The van der Waals surface area contributed by atoms with Crippen molar-refractivity contribution in [3.05, 3.63) is 65.5 Å². The average molecular weight is 363 g/mol. The van der Waals surface area contributed by atoms with Crippen LogP contribution in [0.5, 0.6) is 0 Å². The number of alkyl halides is 3. The van der Waals surface area contributed by atoms with Crippen LogP contribution >= 0.6 is 0 Å². The molecule has 1 N–H and O–H groups in total. The van der Waals surface area contributed by atoms with Crippen LogP contribution < -0.4 is 5.32 Å². The summed E-state index contributed by atoms with van der Waals surface area (Å²) in [4.78, 5) is 18.0. The summed E-state index contributed by atoms with van der Waals surface area (Å²) in [6, 6.07) is 9.03. The Morgan fingerprint density at radius 1 is 1.12 bits per heavy atom. The summed E-state index contributed by atoms with van der Waals surface area (Å²) in [5.74, 6) is -0.145. The minimum atomic E-state index is -4.34. The molecule has 1 fully saturated rings. The molecular weight excluding hydrogens is 343 g/mol. The number of benzene rings is 1. The van der Waals surface area contributed by atoms with E-state index in [0.717, 1.165) is 6.07 Å². The lowest BCUT2D eigenvalue weighted by Crippen LogP contribution is -2.44. The minimum Gasteiger partial charge on any atom is -0.349 e. The molecule has 3 rings (SSSR count). The number of nitrogens with one attached hydrogen (secondary N) is 1. The van der Waals surface area contributed by atoms with Crippen LogP contribution in [-0.4, -0.2) is 34.9 Å². The Morgan fingerprint density at radius 2 is 1.77 bits per heavy atom. The number of piperidine rings is 1. The number of likely N-dealkylation sites (tertiary alicyclic amines) is 1. The van der Waals surface area contributed by atoms with E-state index in [2.05, 4.69) is 10.3 Å². The summed E-state index contributed by atoms with van der Waals surface area (Å²) >= 11 is 0. The normalized spacial score (nSPS) is 16.4. The van der Waals surface area contributed by atoms with Crippen molar-refractivity contribution in [2.45, 2.75) is 31.6 Å². The van der Waals surface area contributed by atoms with Crippen molar-refractivity contribution < 1.29 is 18.0 Å². The molecule has 0 bridgehead atoms. The number of nitrogens with zero attached hydrogens (tertiary/aromatic N) is 2. The highest BCUT2D eigenvalue weighted by molar-refractivity contribution is 5.94. The van der Waals surface area contributed by atoms with E-state index in [4.69, 9.17) is 0 Å². The fraction of sp³-hybridized carbons (Fsp3) is 0.368. The molecule has 0 saturated carbocycles. The van der Waals surface area contributed by atoms with Crippen molar-refractivity contribution in [3.63, 3.8) is 0 Å². The number of rotatable bonds is 4. The molecule has 0 unspecified atom stereocenters. The molecular formula is C19H20F3N3O. The highest BCUT2D eigenvalue weighted by Crippen LogP contribution is 2.32. The first-order valence-electron chi connectivity index (χ1n) is 8.52. The molecule has 2 aromatic rings. The zero-order chi connectivity index (χ0) is 18.6. The van der Waals surface area contributed by atoms with Gasteiger partial charge in [-0.2, -0.15) is 13.2 Å². The van der Waals surface area contributed by atoms with Crippen molar-refractivity contribution in [2.24, 2.45) is 0 Å². The first-order valence-corrected chi connectivity index (χ1v) is 8.52. The lowest BCUT2D eigenvalue weighted by atomic mass is 10.0. The number of pyridine rings is 1. The SMILES string of the molecule is O=C(NC1CCN(Cc2ccccc2C(F)(F)F)CC1)c1ccncc1. The highest BCUT2D eigenvalue weighted by atomic mass is 19.4. The molecule has 0 aliphatic carbocycles. The summed E-state index contributed by atoms with van der Waals surface area (Å²) in [5.41, 5.74) is 0.272. The lowest BCUT2D eigenvalue weighted by Gasteiger charge is -2.32. The fourth-order valence-electron chi connectivity index (χ4n) is 3.18. The van der Waals surface area contributed by atoms with Gasteiger partial charge in [0.15, 0.2) is 0 Å². The highest BCUT2D eigenvalue weighted by Gasteiger charge is 2.33. The van der Waals surface area contributed by atoms with Gasteiger partial charge in [0.05, 0.1) is 5.56 Å². The van der Waals surface area contributed by atoms with Crippen LogP contribution in [0.2, 0.25) is 0 Å². The third kappa shape index (κ3) is 4.60. The van der Waals surface area contributed by atoms with Gasteiger partial charge in [-0.15, -0.1) is 0 Å². The van der Waals surface area contributed by atoms with E-state index in [-0.39, 0.29) is 18.5 Å². The number of hydrogen-bond donors (Lipinski definition) is 1. The molecule has 2 heterocycles. The van der Waals surface area contributed by atoms with E-state index < -0.39 is 11.7 Å². The molecule has 7 heteroatoms. The summed E-state index contributed by atoms with van der Waals surface area (Å²) in [7, 11) is 0. The Bertz CT molecular complexity index is 741. The van der Waals surface area contributed by atoms with Gasteiger partial charge in [-0.05, 0) is 36.6 Å². The maximum atomic E-state index is 13.1.